The van der Waals surface area contributed by atoms with Gasteiger partial charge in [-0.2, -0.15) is 0 Å². The first-order chi connectivity index (χ1) is 6.15. The first kappa shape index (κ1) is 10.2. The topological polar surface area (TPSA) is 59.1 Å². The minimum Gasteiger partial charge on any atom is -0.387 e. The normalized spacial score (nSPS) is 15.4. The average molecular weight is 180 g/mol. The molecule has 2 unspecified atom stereocenters. The van der Waals surface area contributed by atoms with Crippen molar-refractivity contribution in [1.29, 1.82) is 0 Å². The van der Waals surface area contributed by atoms with Gasteiger partial charge < -0.3 is 10.8 Å². The smallest absolute Gasteiger partial charge is 0.0955 e. The third-order valence-electron chi connectivity index (χ3n) is 2.15. The number of hydrogen-bond acceptors (Lipinski definition) is 3. The highest BCUT2D eigenvalue weighted by Gasteiger charge is 2.14. The molecule has 72 valence electrons. The van der Waals surface area contributed by atoms with Crippen LogP contribution in [0.3, 0.4) is 0 Å². The largest absolute Gasteiger partial charge is 0.387 e. The maximum Gasteiger partial charge on any atom is 0.0955 e. The van der Waals surface area contributed by atoms with Gasteiger partial charge in [-0.25, -0.2) is 0 Å². The molecule has 0 saturated heterocycles. The Kier molecular flexibility index (Phi) is 3.39. The molecule has 0 amide bonds. The molecule has 1 aromatic heterocycles. The summed E-state index contributed by atoms with van der Waals surface area (Å²) in [4.78, 5) is 4.10. The van der Waals surface area contributed by atoms with Gasteiger partial charge in [0, 0.05) is 23.5 Å². The van der Waals surface area contributed by atoms with Crippen molar-refractivity contribution in [3.8, 4) is 0 Å². The highest BCUT2D eigenvalue weighted by molar-refractivity contribution is 5.16. The fraction of sp³-hybridized carbons (Fsp3) is 0.500. The van der Waals surface area contributed by atoms with E-state index in [4.69, 9.17) is 5.73 Å². The number of aliphatic hydroxyl groups excluding tert-OH is 1. The maximum absolute atomic E-state index is 9.71. The van der Waals surface area contributed by atoms with E-state index in [1.807, 2.05) is 26.0 Å². The summed E-state index contributed by atoms with van der Waals surface area (Å²) in [5.41, 5.74) is 7.45. The molecule has 2 atom stereocenters. The molecular weight excluding hydrogens is 164 g/mol. The molecule has 1 heterocycles. The van der Waals surface area contributed by atoms with Crippen LogP contribution in [0.25, 0.3) is 0 Å². The Balaban J connectivity index is 2.77. The second-order valence-corrected chi connectivity index (χ2v) is 3.25. The van der Waals surface area contributed by atoms with Crippen LogP contribution in [-0.4, -0.2) is 16.1 Å². The van der Waals surface area contributed by atoms with E-state index < -0.39 is 6.10 Å². The minimum absolute atomic E-state index is 0.204. The first-order valence-corrected chi connectivity index (χ1v) is 4.51. The van der Waals surface area contributed by atoms with Crippen LogP contribution in [0.2, 0.25) is 0 Å². The van der Waals surface area contributed by atoms with Crippen LogP contribution in [0.1, 0.15) is 30.7 Å². The van der Waals surface area contributed by atoms with E-state index in [0.29, 0.717) is 0 Å². The number of aryl methyl sites for hydroxylation is 1. The van der Waals surface area contributed by atoms with Crippen LogP contribution in [0.15, 0.2) is 18.3 Å². The minimum atomic E-state index is -0.599. The summed E-state index contributed by atoms with van der Waals surface area (Å²) in [6, 6.07) is 3.54. The van der Waals surface area contributed by atoms with E-state index in [1.165, 1.54) is 0 Å². The summed E-state index contributed by atoms with van der Waals surface area (Å²) in [5, 5.41) is 9.71. The monoisotopic (exact) mass is 180 g/mol. The molecule has 0 aliphatic carbocycles. The molecule has 0 saturated carbocycles. The van der Waals surface area contributed by atoms with Crippen LogP contribution in [-0.2, 0) is 0 Å². The average Bonchev–Trinajstić information content (AvgIpc) is 2.17. The van der Waals surface area contributed by atoms with E-state index >= 15 is 0 Å². The Bertz CT molecular complexity index is 258. The summed E-state index contributed by atoms with van der Waals surface area (Å²) in [7, 11) is 0. The maximum atomic E-state index is 9.71. The number of nitrogens with zero attached hydrogens (tertiary/aromatic N) is 1. The van der Waals surface area contributed by atoms with Crippen LogP contribution in [0, 0.1) is 6.92 Å². The van der Waals surface area contributed by atoms with Gasteiger partial charge in [-0.3, -0.25) is 4.98 Å². The van der Waals surface area contributed by atoms with Gasteiger partial charge in [-0.1, -0.05) is 13.0 Å². The Labute approximate surface area is 78.6 Å². The summed E-state index contributed by atoms with van der Waals surface area (Å²) < 4.78 is 0. The third-order valence-corrected chi connectivity index (χ3v) is 2.15. The lowest BCUT2D eigenvalue weighted by Gasteiger charge is -2.16. The second-order valence-electron chi connectivity index (χ2n) is 3.25. The zero-order valence-electron chi connectivity index (χ0n) is 8.07. The Morgan fingerprint density at radius 2 is 2.23 bits per heavy atom. The molecule has 0 radical (unpaired) electrons. The highest BCUT2D eigenvalue weighted by atomic mass is 16.3. The van der Waals surface area contributed by atoms with Crippen LogP contribution in [0.5, 0.6) is 0 Å². The van der Waals surface area contributed by atoms with Gasteiger partial charge in [0.05, 0.1) is 6.10 Å². The van der Waals surface area contributed by atoms with Crippen LogP contribution < -0.4 is 5.73 Å². The summed E-state index contributed by atoms with van der Waals surface area (Å²) in [5.74, 6) is 0. The summed E-state index contributed by atoms with van der Waals surface area (Å²) in [6.07, 6.45) is 1.84. The lowest BCUT2D eigenvalue weighted by Crippen LogP contribution is -2.27. The van der Waals surface area contributed by atoms with Gasteiger partial charge >= 0.3 is 0 Å². The van der Waals surface area contributed by atoms with Crippen molar-refractivity contribution in [3.05, 3.63) is 29.6 Å². The van der Waals surface area contributed by atoms with Gasteiger partial charge in [0.2, 0.25) is 0 Å². The fourth-order valence-electron chi connectivity index (χ4n) is 1.12. The Morgan fingerprint density at radius 3 is 2.69 bits per heavy atom. The van der Waals surface area contributed by atoms with Crippen LogP contribution >= 0.6 is 0 Å². The molecule has 0 spiro atoms. The lowest BCUT2D eigenvalue weighted by atomic mass is 10.0. The van der Waals surface area contributed by atoms with E-state index in [1.54, 1.807) is 6.20 Å². The molecule has 1 rings (SSSR count). The number of aromatic nitrogens is 1. The molecule has 0 bridgehead atoms. The number of pyridine rings is 1. The quantitative estimate of drug-likeness (QED) is 0.733. The van der Waals surface area contributed by atoms with Crippen molar-refractivity contribution in [2.24, 2.45) is 5.73 Å². The first-order valence-electron chi connectivity index (χ1n) is 4.51. The van der Waals surface area contributed by atoms with E-state index in [2.05, 4.69) is 4.98 Å². The predicted octanol–water partition coefficient (Wildman–Crippen LogP) is 1.16. The van der Waals surface area contributed by atoms with Gasteiger partial charge in [0.15, 0.2) is 0 Å². The fourth-order valence-corrected chi connectivity index (χ4v) is 1.12. The molecule has 0 aromatic carbocycles. The zero-order valence-corrected chi connectivity index (χ0v) is 8.07. The Hall–Kier alpha value is -0.930. The standard InChI is InChI=1S/C10H16N2O/c1-3-9(11)10(13)8-5-4-7(2)12-6-8/h4-6,9-10,13H,3,11H2,1-2H3. The molecular formula is C10H16N2O. The molecule has 0 aliphatic rings. The van der Waals surface area contributed by atoms with Crippen molar-refractivity contribution in [3.63, 3.8) is 0 Å². The van der Waals surface area contributed by atoms with Gasteiger partial charge in [-0.15, -0.1) is 0 Å². The van der Waals surface area contributed by atoms with Gasteiger partial charge in [0.25, 0.3) is 0 Å². The number of rotatable bonds is 3. The lowest BCUT2D eigenvalue weighted by molar-refractivity contribution is 0.144. The van der Waals surface area contributed by atoms with Crippen molar-refractivity contribution >= 4 is 0 Å². The third kappa shape index (κ3) is 2.50. The predicted molar refractivity (Wildman–Crippen MR) is 52.2 cm³/mol. The molecule has 3 nitrogen and oxygen atoms in total. The molecule has 0 aliphatic heterocycles. The molecule has 13 heavy (non-hydrogen) atoms. The summed E-state index contributed by atoms with van der Waals surface area (Å²) >= 11 is 0. The molecule has 0 fully saturated rings. The van der Waals surface area contributed by atoms with Crippen molar-refractivity contribution in [1.82, 2.24) is 4.98 Å². The Morgan fingerprint density at radius 1 is 1.54 bits per heavy atom. The second kappa shape index (κ2) is 4.35. The van der Waals surface area contributed by atoms with Crippen molar-refractivity contribution in [2.75, 3.05) is 0 Å². The molecule has 1 aromatic rings. The van der Waals surface area contributed by atoms with Gasteiger partial charge in [0.1, 0.15) is 0 Å². The SMILES string of the molecule is CCC(N)C(O)c1ccc(C)nc1. The van der Waals surface area contributed by atoms with Crippen molar-refractivity contribution in [2.45, 2.75) is 32.4 Å². The van der Waals surface area contributed by atoms with Crippen LogP contribution in [0.4, 0.5) is 0 Å². The zero-order chi connectivity index (χ0) is 9.84. The van der Waals surface area contributed by atoms with E-state index in [-0.39, 0.29) is 6.04 Å². The van der Waals surface area contributed by atoms with E-state index in [0.717, 1.165) is 17.7 Å². The molecule has 3 heteroatoms. The van der Waals surface area contributed by atoms with E-state index in [9.17, 15) is 5.11 Å². The highest BCUT2D eigenvalue weighted by Crippen LogP contribution is 2.16. The van der Waals surface area contributed by atoms with Gasteiger partial charge in [-0.05, 0) is 19.4 Å². The van der Waals surface area contributed by atoms with Crippen molar-refractivity contribution < 1.29 is 5.11 Å². The molecule has 3 N–H and O–H groups in total. The summed E-state index contributed by atoms with van der Waals surface area (Å²) in [6.45, 7) is 3.87. The number of aliphatic hydroxyl groups is 1. The number of nitrogens with two attached hydrogens (primary N) is 1. The number of hydrogen-bond donors (Lipinski definition) is 2.